The van der Waals surface area contributed by atoms with E-state index in [1.54, 1.807) is 13.0 Å². The molecule has 0 aromatic rings. The lowest BCUT2D eigenvalue weighted by molar-refractivity contribution is -0.140. The molecule has 1 atom stereocenters. The summed E-state index contributed by atoms with van der Waals surface area (Å²) >= 11 is 0. The number of rotatable bonds is 3. The maximum atomic E-state index is 10.9. The second kappa shape index (κ2) is 4.72. The van der Waals surface area contributed by atoms with E-state index in [9.17, 15) is 4.79 Å². The molecular formula is C9H14O2. The smallest absolute Gasteiger partial charge is 0.331 e. The van der Waals surface area contributed by atoms with Gasteiger partial charge in [-0.25, -0.2) is 4.79 Å². The second-order valence-corrected chi connectivity index (χ2v) is 2.60. The number of hydrogen-bond acceptors (Lipinski definition) is 2. The van der Waals surface area contributed by atoms with Gasteiger partial charge in [0.25, 0.3) is 0 Å². The van der Waals surface area contributed by atoms with Gasteiger partial charge in [-0.15, -0.1) is 0 Å². The zero-order valence-electron chi connectivity index (χ0n) is 7.26. The van der Waals surface area contributed by atoms with E-state index < -0.39 is 0 Å². The quantitative estimate of drug-likeness (QED) is 0.353. The average molecular weight is 154 g/mol. The first-order valence-electron chi connectivity index (χ1n) is 3.54. The summed E-state index contributed by atoms with van der Waals surface area (Å²) in [6.45, 7) is 8.96. The van der Waals surface area contributed by atoms with E-state index in [-0.39, 0.29) is 12.1 Å². The van der Waals surface area contributed by atoms with Crippen LogP contribution in [-0.4, -0.2) is 12.1 Å². The van der Waals surface area contributed by atoms with Gasteiger partial charge in [0.15, 0.2) is 0 Å². The molecule has 0 amide bonds. The topological polar surface area (TPSA) is 26.3 Å². The van der Waals surface area contributed by atoms with Crippen LogP contribution in [0.4, 0.5) is 0 Å². The van der Waals surface area contributed by atoms with Crippen LogP contribution in [0, 0.1) is 0 Å². The molecule has 0 bridgehead atoms. The molecule has 0 fully saturated rings. The summed E-state index contributed by atoms with van der Waals surface area (Å²) in [5.74, 6) is -0.308. The summed E-state index contributed by atoms with van der Waals surface area (Å²) in [4.78, 5) is 10.9. The van der Waals surface area contributed by atoms with Crippen LogP contribution in [0.1, 0.15) is 20.8 Å². The summed E-state index contributed by atoms with van der Waals surface area (Å²) in [7, 11) is 0. The first-order valence-corrected chi connectivity index (χ1v) is 3.54. The maximum Gasteiger partial charge on any atom is 0.331 e. The van der Waals surface area contributed by atoms with Crippen LogP contribution in [0.25, 0.3) is 0 Å². The molecule has 1 unspecified atom stereocenters. The minimum absolute atomic E-state index is 0.210. The van der Waals surface area contributed by atoms with Gasteiger partial charge in [-0.2, -0.15) is 0 Å². The fourth-order valence-electron chi connectivity index (χ4n) is 0.501. The lowest BCUT2D eigenvalue weighted by Crippen LogP contribution is -2.09. The molecule has 0 spiro atoms. The maximum absolute atomic E-state index is 10.9. The first kappa shape index (κ1) is 9.95. The molecule has 0 radical (unpaired) electrons. The Balaban J connectivity index is 3.88. The van der Waals surface area contributed by atoms with Crippen molar-refractivity contribution < 1.29 is 9.53 Å². The van der Waals surface area contributed by atoms with E-state index in [1.807, 2.05) is 13.8 Å². The van der Waals surface area contributed by atoms with Crippen molar-refractivity contribution in [3.05, 3.63) is 24.3 Å². The van der Waals surface area contributed by atoms with Gasteiger partial charge in [-0.05, 0) is 20.8 Å². The fourth-order valence-corrected chi connectivity index (χ4v) is 0.501. The molecule has 2 heteroatoms. The van der Waals surface area contributed by atoms with Crippen molar-refractivity contribution in [1.82, 2.24) is 0 Å². The third-order valence-corrected chi connectivity index (χ3v) is 1.04. The van der Waals surface area contributed by atoms with Crippen molar-refractivity contribution in [2.24, 2.45) is 0 Å². The van der Waals surface area contributed by atoms with E-state index in [0.29, 0.717) is 0 Å². The molecule has 11 heavy (non-hydrogen) atoms. The summed E-state index contributed by atoms with van der Waals surface area (Å²) in [5.41, 5.74) is 0.936. The molecule has 0 saturated heterocycles. The normalized spacial score (nSPS) is 11.5. The van der Waals surface area contributed by atoms with Gasteiger partial charge in [-0.3, -0.25) is 0 Å². The first-order chi connectivity index (χ1) is 5.06. The van der Waals surface area contributed by atoms with Crippen molar-refractivity contribution in [3.63, 3.8) is 0 Å². The minimum Gasteiger partial charge on any atom is -0.455 e. The third-order valence-electron chi connectivity index (χ3n) is 1.04. The van der Waals surface area contributed by atoms with E-state index in [1.165, 1.54) is 6.08 Å². The van der Waals surface area contributed by atoms with Gasteiger partial charge in [0.05, 0.1) is 0 Å². The van der Waals surface area contributed by atoms with Crippen molar-refractivity contribution in [3.8, 4) is 0 Å². The highest BCUT2D eigenvalue weighted by Gasteiger charge is 2.01. The van der Waals surface area contributed by atoms with Gasteiger partial charge in [-0.1, -0.05) is 18.2 Å². The molecule has 0 aliphatic heterocycles. The number of ether oxygens (including phenoxy) is 1. The third kappa shape index (κ3) is 5.40. The van der Waals surface area contributed by atoms with E-state index in [0.717, 1.165) is 5.57 Å². The Hall–Kier alpha value is -1.05. The minimum atomic E-state index is -0.308. The van der Waals surface area contributed by atoms with Gasteiger partial charge < -0.3 is 4.74 Å². The Labute approximate surface area is 67.6 Å². The average Bonchev–Trinajstić information content (AvgIpc) is 1.85. The molecule has 0 aromatic carbocycles. The van der Waals surface area contributed by atoms with Crippen LogP contribution in [0.3, 0.4) is 0 Å². The Morgan fingerprint density at radius 1 is 1.55 bits per heavy atom. The zero-order valence-corrected chi connectivity index (χ0v) is 7.26. The fraction of sp³-hybridized carbons (Fsp3) is 0.444. The van der Waals surface area contributed by atoms with Crippen LogP contribution in [0.15, 0.2) is 24.3 Å². The summed E-state index contributed by atoms with van der Waals surface area (Å²) in [5, 5.41) is 0. The molecule has 62 valence electrons. The Morgan fingerprint density at radius 3 is 2.45 bits per heavy atom. The van der Waals surface area contributed by atoms with Gasteiger partial charge in [0, 0.05) is 6.08 Å². The zero-order chi connectivity index (χ0) is 8.85. The molecular weight excluding hydrogens is 140 g/mol. The number of carbonyl (C=O) groups is 1. The summed E-state index contributed by atoms with van der Waals surface area (Å²) in [6.07, 6.45) is 2.83. The van der Waals surface area contributed by atoms with E-state index >= 15 is 0 Å². The van der Waals surface area contributed by atoms with Gasteiger partial charge in [0.2, 0.25) is 0 Å². The van der Waals surface area contributed by atoms with Crippen LogP contribution < -0.4 is 0 Å². The lowest BCUT2D eigenvalue weighted by Gasteiger charge is -2.05. The molecule has 0 saturated carbocycles. The number of hydrogen-bond donors (Lipinski definition) is 0. The molecule has 2 nitrogen and oxygen atoms in total. The highest BCUT2D eigenvalue weighted by molar-refractivity contribution is 5.82. The second-order valence-electron chi connectivity index (χ2n) is 2.60. The standard InChI is InChI=1S/C9H14O2/c1-5-8(4)11-9(10)6-7(2)3/h5-6,8H,1H2,2-4H3. The number of allylic oxidation sites excluding steroid dienone is 1. The van der Waals surface area contributed by atoms with E-state index in [4.69, 9.17) is 4.74 Å². The van der Waals surface area contributed by atoms with Crippen LogP contribution in [0.5, 0.6) is 0 Å². The molecule has 0 aromatic heterocycles. The van der Waals surface area contributed by atoms with Crippen molar-refractivity contribution in [1.29, 1.82) is 0 Å². The Morgan fingerprint density at radius 2 is 2.09 bits per heavy atom. The van der Waals surface area contributed by atoms with E-state index in [2.05, 4.69) is 6.58 Å². The highest BCUT2D eigenvalue weighted by atomic mass is 16.5. The largest absolute Gasteiger partial charge is 0.455 e. The summed E-state index contributed by atoms with van der Waals surface area (Å²) in [6, 6.07) is 0. The molecule has 0 aliphatic carbocycles. The van der Waals surface area contributed by atoms with Crippen molar-refractivity contribution >= 4 is 5.97 Å². The predicted molar refractivity (Wildman–Crippen MR) is 45.2 cm³/mol. The molecule has 0 N–H and O–H groups in total. The SMILES string of the molecule is C=CC(C)OC(=O)C=C(C)C. The lowest BCUT2D eigenvalue weighted by atomic mass is 10.3. The molecule has 0 heterocycles. The molecule has 0 aliphatic rings. The van der Waals surface area contributed by atoms with Crippen LogP contribution in [0.2, 0.25) is 0 Å². The highest BCUT2D eigenvalue weighted by Crippen LogP contribution is 1.96. The number of esters is 1. The summed E-state index contributed by atoms with van der Waals surface area (Å²) < 4.78 is 4.88. The van der Waals surface area contributed by atoms with Crippen molar-refractivity contribution in [2.75, 3.05) is 0 Å². The van der Waals surface area contributed by atoms with Crippen molar-refractivity contribution in [2.45, 2.75) is 26.9 Å². The van der Waals surface area contributed by atoms with Crippen LogP contribution >= 0.6 is 0 Å². The van der Waals surface area contributed by atoms with Gasteiger partial charge >= 0.3 is 5.97 Å². The Bertz CT molecular complexity index is 176. The molecule has 0 rings (SSSR count). The Kier molecular flexibility index (Phi) is 4.27. The van der Waals surface area contributed by atoms with Crippen LogP contribution in [-0.2, 0) is 9.53 Å². The monoisotopic (exact) mass is 154 g/mol. The predicted octanol–water partition coefficient (Wildman–Crippen LogP) is 2.07. The number of carbonyl (C=O) groups excluding carboxylic acids is 1. The van der Waals surface area contributed by atoms with Gasteiger partial charge in [0.1, 0.15) is 6.10 Å².